The molecule has 1 atom stereocenters. The van der Waals surface area contributed by atoms with Gasteiger partial charge in [0.05, 0.1) is 6.10 Å². The predicted molar refractivity (Wildman–Crippen MR) is 58.0 cm³/mol. The lowest BCUT2D eigenvalue weighted by Crippen LogP contribution is -2.09. The van der Waals surface area contributed by atoms with Gasteiger partial charge in [-0.25, -0.2) is 0 Å². The first kappa shape index (κ1) is 13.5. The maximum atomic E-state index is 8.93. The SMILES string of the molecule is CCCCCC(CC)OP(O)(O)=S. The van der Waals surface area contributed by atoms with Crippen LogP contribution < -0.4 is 0 Å². The maximum absolute atomic E-state index is 8.93. The number of unbranched alkanes of at least 4 members (excludes halogenated alkanes) is 2. The summed E-state index contributed by atoms with van der Waals surface area (Å²) in [4.78, 5) is 17.9. The van der Waals surface area contributed by atoms with Gasteiger partial charge >= 0.3 is 6.72 Å². The van der Waals surface area contributed by atoms with Crippen LogP contribution in [0.3, 0.4) is 0 Å². The summed E-state index contributed by atoms with van der Waals surface area (Å²) in [5.41, 5.74) is 0. The zero-order chi connectivity index (χ0) is 10.3. The molecule has 0 amide bonds. The highest BCUT2D eigenvalue weighted by Gasteiger charge is 2.15. The van der Waals surface area contributed by atoms with Crippen LogP contribution in [0.4, 0.5) is 0 Å². The van der Waals surface area contributed by atoms with E-state index in [2.05, 4.69) is 18.7 Å². The Morgan fingerprint density at radius 2 is 1.92 bits per heavy atom. The van der Waals surface area contributed by atoms with E-state index in [-0.39, 0.29) is 6.10 Å². The van der Waals surface area contributed by atoms with Crippen LogP contribution in [-0.2, 0) is 16.3 Å². The standard InChI is InChI=1S/C8H19O3PS/c1-3-5-6-7-8(4-2)11-12(9,10)13/h8H,3-7H2,1-2H3,(H2,9,10,13). The summed E-state index contributed by atoms with van der Waals surface area (Å²) >= 11 is 4.41. The van der Waals surface area contributed by atoms with E-state index in [4.69, 9.17) is 14.3 Å². The molecular formula is C8H19O3PS. The average Bonchev–Trinajstić information content (AvgIpc) is 2.01. The second kappa shape index (κ2) is 6.91. The molecule has 0 aromatic rings. The average molecular weight is 226 g/mol. The topological polar surface area (TPSA) is 49.7 Å². The van der Waals surface area contributed by atoms with E-state index < -0.39 is 6.72 Å². The van der Waals surface area contributed by atoms with Crippen molar-refractivity contribution in [3.05, 3.63) is 0 Å². The Morgan fingerprint density at radius 3 is 2.31 bits per heavy atom. The predicted octanol–water partition coefficient (Wildman–Crippen LogP) is 2.57. The fraction of sp³-hybridized carbons (Fsp3) is 1.00. The van der Waals surface area contributed by atoms with Crippen molar-refractivity contribution >= 4 is 18.5 Å². The minimum Gasteiger partial charge on any atom is -0.325 e. The van der Waals surface area contributed by atoms with Gasteiger partial charge in [-0.2, -0.15) is 0 Å². The van der Waals surface area contributed by atoms with Crippen LogP contribution in [0.5, 0.6) is 0 Å². The molecule has 0 aliphatic heterocycles. The van der Waals surface area contributed by atoms with Crippen molar-refractivity contribution in [1.82, 2.24) is 0 Å². The first-order valence-electron chi connectivity index (χ1n) is 4.73. The summed E-state index contributed by atoms with van der Waals surface area (Å²) in [6.07, 6.45) is 4.92. The van der Waals surface area contributed by atoms with E-state index in [9.17, 15) is 0 Å². The molecule has 1 unspecified atom stereocenters. The Kier molecular flexibility index (Phi) is 7.19. The lowest BCUT2D eigenvalue weighted by Gasteiger charge is -2.18. The second-order valence-corrected chi connectivity index (χ2v) is 5.74. The minimum absolute atomic E-state index is 0.0904. The highest BCUT2D eigenvalue weighted by molar-refractivity contribution is 8.06. The molecule has 13 heavy (non-hydrogen) atoms. The van der Waals surface area contributed by atoms with Crippen LogP contribution in [-0.4, -0.2) is 15.9 Å². The van der Waals surface area contributed by atoms with Crippen LogP contribution in [0, 0.1) is 0 Å². The van der Waals surface area contributed by atoms with Gasteiger partial charge in [0.2, 0.25) is 0 Å². The van der Waals surface area contributed by atoms with E-state index >= 15 is 0 Å². The maximum Gasteiger partial charge on any atom is 0.322 e. The Hall–Kier alpha value is 0.530. The van der Waals surface area contributed by atoms with Gasteiger partial charge in [-0.1, -0.05) is 33.1 Å². The van der Waals surface area contributed by atoms with Crippen molar-refractivity contribution < 1.29 is 14.3 Å². The summed E-state index contributed by atoms with van der Waals surface area (Å²) in [5, 5.41) is 0. The van der Waals surface area contributed by atoms with Gasteiger partial charge in [0.25, 0.3) is 0 Å². The third-order valence-electron chi connectivity index (χ3n) is 1.87. The quantitative estimate of drug-likeness (QED) is 0.517. The molecule has 0 saturated carbocycles. The Labute approximate surface area is 85.4 Å². The third-order valence-corrected chi connectivity index (χ3v) is 2.70. The lowest BCUT2D eigenvalue weighted by molar-refractivity contribution is 0.153. The summed E-state index contributed by atoms with van der Waals surface area (Å²) < 4.78 is 4.97. The summed E-state index contributed by atoms with van der Waals surface area (Å²) in [6.45, 7) is 0.635. The molecule has 0 aromatic heterocycles. The zero-order valence-electron chi connectivity index (χ0n) is 8.27. The van der Waals surface area contributed by atoms with Gasteiger partial charge in [-0.15, -0.1) is 0 Å². The van der Waals surface area contributed by atoms with Crippen molar-refractivity contribution in [3.8, 4) is 0 Å². The molecule has 0 aliphatic rings. The Bertz CT molecular complexity index is 169. The van der Waals surface area contributed by atoms with Crippen molar-refractivity contribution in [2.24, 2.45) is 0 Å². The number of rotatable bonds is 7. The molecule has 80 valence electrons. The molecule has 0 bridgehead atoms. The molecule has 0 fully saturated rings. The van der Waals surface area contributed by atoms with Crippen molar-refractivity contribution in [3.63, 3.8) is 0 Å². The molecular weight excluding hydrogens is 207 g/mol. The monoisotopic (exact) mass is 226 g/mol. The van der Waals surface area contributed by atoms with Gasteiger partial charge in [0, 0.05) is 0 Å². The summed E-state index contributed by atoms with van der Waals surface area (Å²) in [6, 6.07) is 0. The molecule has 0 aliphatic carbocycles. The van der Waals surface area contributed by atoms with Gasteiger partial charge in [-0.3, -0.25) is 0 Å². The molecule has 0 spiro atoms. The fourth-order valence-corrected chi connectivity index (χ4v) is 2.16. The first-order valence-corrected chi connectivity index (χ1v) is 7.36. The van der Waals surface area contributed by atoms with Crippen LogP contribution in [0.25, 0.3) is 0 Å². The van der Waals surface area contributed by atoms with Crippen molar-refractivity contribution in [1.29, 1.82) is 0 Å². The third kappa shape index (κ3) is 8.85. The lowest BCUT2D eigenvalue weighted by atomic mass is 10.1. The molecule has 0 saturated heterocycles. The molecule has 0 aromatic carbocycles. The zero-order valence-corrected chi connectivity index (χ0v) is 9.98. The van der Waals surface area contributed by atoms with Crippen molar-refractivity contribution in [2.75, 3.05) is 0 Å². The summed E-state index contributed by atoms with van der Waals surface area (Å²) in [7, 11) is 0. The van der Waals surface area contributed by atoms with Crippen molar-refractivity contribution in [2.45, 2.75) is 52.1 Å². The smallest absolute Gasteiger partial charge is 0.322 e. The second-order valence-electron chi connectivity index (χ2n) is 3.12. The van der Waals surface area contributed by atoms with Crippen LogP contribution in [0.1, 0.15) is 46.0 Å². The largest absolute Gasteiger partial charge is 0.325 e. The molecule has 0 radical (unpaired) electrons. The van der Waals surface area contributed by atoms with E-state index in [1.54, 1.807) is 0 Å². The Balaban J connectivity index is 3.70. The van der Waals surface area contributed by atoms with Gasteiger partial charge in [0.1, 0.15) is 0 Å². The van der Waals surface area contributed by atoms with Gasteiger partial charge in [0.15, 0.2) is 0 Å². The highest BCUT2D eigenvalue weighted by Crippen LogP contribution is 2.39. The van der Waals surface area contributed by atoms with E-state index in [0.29, 0.717) is 0 Å². The minimum atomic E-state index is -3.45. The van der Waals surface area contributed by atoms with Crippen LogP contribution >= 0.6 is 6.72 Å². The van der Waals surface area contributed by atoms with Gasteiger partial charge < -0.3 is 14.3 Å². The van der Waals surface area contributed by atoms with Crippen LogP contribution in [0.2, 0.25) is 0 Å². The molecule has 0 heterocycles. The summed E-state index contributed by atoms with van der Waals surface area (Å²) in [5.74, 6) is 0. The normalized spacial score (nSPS) is 14.5. The van der Waals surface area contributed by atoms with E-state index in [1.165, 1.54) is 0 Å². The Morgan fingerprint density at radius 1 is 1.31 bits per heavy atom. The van der Waals surface area contributed by atoms with Gasteiger partial charge in [-0.05, 0) is 24.6 Å². The number of hydrogen-bond acceptors (Lipinski definition) is 2. The van der Waals surface area contributed by atoms with E-state index in [1.807, 2.05) is 6.92 Å². The molecule has 0 rings (SSSR count). The molecule has 5 heteroatoms. The molecule has 3 nitrogen and oxygen atoms in total. The molecule has 2 N–H and O–H groups in total. The fourth-order valence-electron chi connectivity index (χ4n) is 1.15. The highest BCUT2D eigenvalue weighted by atomic mass is 32.5. The first-order chi connectivity index (χ1) is 5.99. The number of hydrogen-bond donors (Lipinski definition) is 2. The van der Waals surface area contributed by atoms with E-state index in [0.717, 1.165) is 32.1 Å². The van der Waals surface area contributed by atoms with Crippen LogP contribution in [0.15, 0.2) is 0 Å².